The molecule has 1 rings (SSSR count). The zero-order valence-electron chi connectivity index (χ0n) is 8.43. The molecule has 1 N–H and O–H groups in total. The van der Waals surface area contributed by atoms with Gasteiger partial charge >= 0.3 is 0 Å². The predicted octanol–water partition coefficient (Wildman–Crippen LogP) is 1.85. The Hall–Kier alpha value is -0.0900. The lowest BCUT2D eigenvalue weighted by Crippen LogP contribution is -2.31. The number of carbonyl (C=O) groups excluding carboxylic acids is 1. The minimum Gasteiger partial charge on any atom is -0.376 e. The fourth-order valence-electron chi connectivity index (χ4n) is 1.50. The number of unbranched alkanes of at least 4 members (excludes halogenated alkanes) is 1. The molecule has 82 valence electrons. The Kier molecular flexibility index (Phi) is 6.19. The maximum atomic E-state index is 11.3. The summed E-state index contributed by atoms with van der Waals surface area (Å²) in [4.78, 5) is 11.3. The van der Waals surface area contributed by atoms with Gasteiger partial charge in [0.15, 0.2) is 0 Å². The quantitative estimate of drug-likeness (QED) is 0.587. The van der Waals surface area contributed by atoms with Gasteiger partial charge in [0.2, 0.25) is 5.91 Å². The Morgan fingerprint density at radius 1 is 1.50 bits per heavy atom. The Labute approximate surface area is 93.7 Å². The van der Waals surface area contributed by atoms with Crippen LogP contribution in [0.1, 0.15) is 32.1 Å². The van der Waals surface area contributed by atoms with Crippen molar-refractivity contribution in [2.24, 2.45) is 0 Å². The molecule has 1 heterocycles. The minimum absolute atomic E-state index is 0.154. The van der Waals surface area contributed by atoms with Crippen molar-refractivity contribution in [3.8, 4) is 0 Å². The molecule has 0 bridgehead atoms. The molecule has 0 aliphatic carbocycles. The molecule has 0 aromatic carbocycles. The Morgan fingerprint density at radius 2 is 2.36 bits per heavy atom. The van der Waals surface area contributed by atoms with Gasteiger partial charge in [-0.15, -0.1) is 0 Å². The highest BCUT2D eigenvalue weighted by atomic mass is 79.9. The molecule has 4 heteroatoms. The fourth-order valence-corrected chi connectivity index (χ4v) is 1.90. The summed E-state index contributed by atoms with van der Waals surface area (Å²) in [7, 11) is 0. The fraction of sp³-hybridized carbons (Fsp3) is 0.900. The van der Waals surface area contributed by atoms with Gasteiger partial charge in [0.1, 0.15) is 0 Å². The summed E-state index contributed by atoms with van der Waals surface area (Å²) in [5.74, 6) is 0.154. The number of carbonyl (C=O) groups is 1. The van der Waals surface area contributed by atoms with E-state index in [2.05, 4.69) is 21.2 Å². The Morgan fingerprint density at radius 3 is 3.00 bits per heavy atom. The number of nitrogens with one attached hydrogen (secondary N) is 1. The van der Waals surface area contributed by atoms with E-state index in [1.165, 1.54) is 0 Å². The van der Waals surface area contributed by atoms with E-state index in [0.717, 1.165) is 37.6 Å². The lowest BCUT2D eigenvalue weighted by atomic mass is 10.2. The van der Waals surface area contributed by atoms with Crippen LogP contribution in [0.25, 0.3) is 0 Å². The maximum absolute atomic E-state index is 11.3. The van der Waals surface area contributed by atoms with E-state index in [9.17, 15) is 4.79 Å². The van der Waals surface area contributed by atoms with Crippen LogP contribution >= 0.6 is 15.9 Å². The molecule has 0 aromatic rings. The third-order valence-corrected chi connectivity index (χ3v) is 2.90. The molecule has 14 heavy (non-hydrogen) atoms. The van der Waals surface area contributed by atoms with Crippen LogP contribution < -0.4 is 5.32 Å². The molecular formula is C10H18BrNO2. The van der Waals surface area contributed by atoms with Crippen molar-refractivity contribution in [2.75, 3.05) is 18.5 Å². The summed E-state index contributed by atoms with van der Waals surface area (Å²) < 4.78 is 5.41. The number of alkyl halides is 1. The highest BCUT2D eigenvalue weighted by Gasteiger charge is 2.15. The number of hydrogen-bond donors (Lipinski definition) is 1. The van der Waals surface area contributed by atoms with Gasteiger partial charge in [-0.2, -0.15) is 0 Å². The molecule has 1 atom stereocenters. The van der Waals surface area contributed by atoms with Gasteiger partial charge in [-0.1, -0.05) is 15.9 Å². The topological polar surface area (TPSA) is 38.3 Å². The molecule has 1 amide bonds. The van der Waals surface area contributed by atoms with Crippen LogP contribution in [0.5, 0.6) is 0 Å². The highest BCUT2D eigenvalue weighted by Crippen LogP contribution is 2.10. The van der Waals surface area contributed by atoms with E-state index in [0.29, 0.717) is 13.0 Å². The number of rotatable bonds is 6. The van der Waals surface area contributed by atoms with Crippen LogP contribution in [0.15, 0.2) is 0 Å². The van der Waals surface area contributed by atoms with Gasteiger partial charge in [-0.25, -0.2) is 0 Å². The molecule has 1 aliphatic heterocycles. The van der Waals surface area contributed by atoms with Gasteiger partial charge in [0, 0.05) is 24.9 Å². The maximum Gasteiger partial charge on any atom is 0.220 e. The standard InChI is InChI=1S/C10H18BrNO2/c11-6-2-1-5-10(13)12-8-9-4-3-7-14-9/h9H,1-8H2,(H,12,13). The molecule has 0 radical (unpaired) electrons. The first kappa shape index (κ1) is 12.0. The van der Waals surface area contributed by atoms with Crippen molar-refractivity contribution in [3.63, 3.8) is 0 Å². The van der Waals surface area contributed by atoms with Crippen LogP contribution in [0.2, 0.25) is 0 Å². The van der Waals surface area contributed by atoms with Gasteiger partial charge in [0.25, 0.3) is 0 Å². The van der Waals surface area contributed by atoms with Gasteiger partial charge in [-0.05, 0) is 25.7 Å². The number of halogens is 1. The van der Waals surface area contributed by atoms with Gasteiger partial charge in [-0.3, -0.25) is 4.79 Å². The summed E-state index contributed by atoms with van der Waals surface area (Å²) in [5.41, 5.74) is 0. The van der Waals surface area contributed by atoms with E-state index in [4.69, 9.17) is 4.74 Å². The normalized spacial score (nSPS) is 21.1. The van der Waals surface area contributed by atoms with E-state index in [1.54, 1.807) is 0 Å². The first-order valence-electron chi connectivity index (χ1n) is 5.27. The van der Waals surface area contributed by atoms with Crippen LogP contribution in [0.3, 0.4) is 0 Å². The van der Waals surface area contributed by atoms with E-state index >= 15 is 0 Å². The first-order chi connectivity index (χ1) is 6.83. The highest BCUT2D eigenvalue weighted by molar-refractivity contribution is 9.09. The van der Waals surface area contributed by atoms with Crippen molar-refractivity contribution < 1.29 is 9.53 Å². The Bertz CT molecular complexity index is 170. The lowest BCUT2D eigenvalue weighted by molar-refractivity contribution is -0.121. The monoisotopic (exact) mass is 263 g/mol. The van der Waals surface area contributed by atoms with Crippen LogP contribution in [0, 0.1) is 0 Å². The summed E-state index contributed by atoms with van der Waals surface area (Å²) in [5, 5.41) is 3.88. The van der Waals surface area contributed by atoms with E-state index in [1.807, 2.05) is 0 Å². The molecule has 0 saturated carbocycles. The Balaban J connectivity index is 1.96. The first-order valence-corrected chi connectivity index (χ1v) is 6.39. The van der Waals surface area contributed by atoms with Crippen molar-refractivity contribution >= 4 is 21.8 Å². The average Bonchev–Trinajstić information content (AvgIpc) is 2.68. The summed E-state index contributed by atoms with van der Waals surface area (Å²) in [6, 6.07) is 0. The van der Waals surface area contributed by atoms with Gasteiger partial charge in [0.05, 0.1) is 6.10 Å². The number of amides is 1. The molecule has 1 unspecified atom stereocenters. The van der Waals surface area contributed by atoms with Crippen molar-refractivity contribution in [1.29, 1.82) is 0 Å². The van der Waals surface area contributed by atoms with Crippen molar-refractivity contribution in [2.45, 2.75) is 38.2 Å². The predicted molar refractivity (Wildman–Crippen MR) is 59.6 cm³/mol. The second kappa shape index (κ2) is 7.23. The van der Waals surface area contributed by atoms with Crippen LogP contribution in [-0.2, 0) is 9.53 Å². The van der Waals surface area contributed by atoms with E-state index < -0.39 is 0 Å². The second-order valence-corrected chi connectivity index (χ2v) is 4.38. The smallest absolute Gasteiger partial charge is 0.220 e. The third kappa shape index (κ3) is 4.96. The second-order valence-electron chi connectivity index (χ2n) is 3.59. The molecule has 0 aromatic heterocycles. The van der Waals surface area contributed by atoms with Crippen LogP contribution in [-0.4, -0.2) is 30.5 Å². The molecule has 0 spiro atoms. The zero-order valence-corrected chi connectivity index (χ0v) is 10.0. The van der Waals surface area contributed by atoms with Crippen molar-refractivity contribution in [1.82, 2.24) is 5.32 Å². The molecule has 3 nitrogen and oxygen atoms in total. The number of hydrogen-bond acceptors (Lipinski definition) is 2. The third-order valence-electron chi connectivity index (χ3n) is 2.34. The van der Waals surface area contributed by atoms with Crippen molar-refractivity contribution in [3.05, 3.63) is 0 Å². The molecular weight excluding hydrogens is 246 g/mol. The van der Waals surface area contributed by atoms with Gasteiger partial charge < -0.3 is 10.1 Å². The average molecular weight is 264 g/mol. The largest absolute Gasteiger partial charge is 0.376 e. The number of ether oxygens (including phenoxy) is 1. The SMILES string of the molecule is O=C(CCCCBr)NCC1CCCO1. The lowest BCUT2D eigenvalue weighted by Gasteiger charge is -2.10. The zero-order chi connectivity index (χ0) is 10.2. The minimum atomic E-state index is 0.154. The molecule has 1 fully saturated rings. The van der Waals surface area contributed by atoms with Crippen LogP contribution in [0.4, 0.5) is 0 Å². The molecule has 1 saturated heterocycles. The summed E-state index contributed by atoms with van der Waals surface area (Å²) in [6.45, 7) is 1.54. The summed E-state index contributed by atoms with van der Waals surface area (Å²) >= 11 is 3.34. The summed E-state index contributed by atoms with van der Waals surface area (Å²) in [6.07, 6.45) is 5.13. The molecule has 1 aliphatic rings. The van der Waals surface area contributed by atoms with E-state index in [-0.39, 0.29) is 12.0 Å².